The van der Waals surface area contributed by atoms with E-state index in [9.17, 15) is 13.2 Å². The van der Waals surface area contributed by atoms with Crippen molar-refractivity contribution >= 4 is 34.5 Å². The highest BCUT2D eigenvalue weighted by atomic mass is 32.2. The molecule has 0 radical (unpaired) electrons. The first kappa shape index (κ1) is 22.0. The second-order valence-electron chi connectivity index (χ2n) is 8.69. The fourth-order valence-corrected chi connectivity index (χ4v) is 5.63. The zero-order valence-electron chi connectivity index (χ0n) is 17.8. The van der Waals surface area contributed by atoms with E-state index in [4.69, 9.17) is 0 Å². The Morgan fingerprint density at radius 3 is 2.84 bits per heavy atom. The molecule has 2 aliphatic rings. The molecule has 0 amide bonds. The van der Waals surface area contributed by atoms with Crippen LogP contribution in [0.5, 0.6) is 0 Å². The topological polar surface area (TPSA) is 57.5 Å². The van der Waals surface area contributed by atoms with E-state index < -0.39 is 13.1 Å². The quantitative estimate of drug-likeness (QED) is 0.477. The number of hydrogen-bond donors (Lipinski definition) is 2. The molecule has 3 aromatic heterocycles. The van der Waals surface area contributed by atoms with Gasteiger partial charge in [-0.3, -0.25) is 4.72 Å². The van der Waals surface area contributed by atoms with Crippen molar-refractivity contribution < 1.29 is 13.2 Å². The molecule has 11 heteroatoms. The van der Waals surface area contributed by atoms with Crippen LogP contribution in [0.4, 0.5) is 18.9 Å². The minimum Gasteiger partial charge on any atom is -0.364 e. The fraction of sp³-hybridized carbons (Fsp3) is 0.524. The third-order valence-electron chi connectivity index (χ3n) is 6.29. The Labute approximate surface area is 192 Å². The molecule has 172 valence electrons. The Hall–Kier alpha value is -1.82. The van der Waals surface area contributed by atoms with Gasteiger partial charge >= 0.3 is 0 Å². The van der Waals surface area contributed by atoms with Crippen molar-refractivity contribution in [3.8, 4) is 10.7 Å². The zero-order valence-corrected chi connectivity index (χ0v) is 19.4. The SMILES string of the molecule is C[C@H]1[C@H](CF)NCCN1c1cc(SNC2(C)CC2)cn2c(-c3nnc(C(F)F)s3)ccc12. The molecule has 2 N–H and O–H groups in total. The van der Waals surface area contributed by atoms with Crippen LogP contribution in [0.2, 0.25) is 0 Å². The Bertz CT molecular complexity index is 1110. The van der Waals surface area contributed by atoms with Gasteiger partial charge in [-0.2, -0.15) is 0 Å². The number of piperazine rings is 1. The highest BCUT2D eigenvalue weighted by molar-refractivity contribution is 7.97. The largest absolute Gasteiger partial charge is 0.364 e. The van der Waals surface area contributed by atoms with Crippen LogP contribution in [0.3, 0.4) is 0 Å². The summed E-state index contributed by atoms with van der Waals surface area (Å²) in [6.45, 7) is 5.23. The number of nitrogens with one attached hydrogen (secondary N) is 2. The molecule has 0 aromatic carbocycles. The number of nitrogens with zero attached hydrogens (tertiary/aromatic N) is 4. The van der Waals surface area contributed by atoms with Crippen molar-refractivity contribution in [2.75, 3.05) is 24.7 Å². The van der Waals surface area contributed by atoms with E-state index in [1.807, 2.05) is 29.7 Å². The number of halogens is 3. The van der Waals surface area contributed by atoms with Gasteiger partial charge in [0.1, 0.15) is 6.67 Å². The molecule has 5 rings (SSSR count). The summed E-state index contributed by atoms with van der Waals surface area (Å²) in [7, 11) is 0. The first-order chi connectivity index (χ1) is 15.4. The molecule has 2 atom stereocenters. The lowest BCUT2D eigenvalue weighted by molar-refractivity contribution is 0.150. The van der Waals surface area contributed by atoms with E-state index in [1.54, 1.807) is 11.9 Å². The van der Waals surface area contributed by atoms with Crippen molar-refractivity contribution in [1.29, 1.82) is 0 Å². The van der Waals surface area contributed by atoms with Crippen LogP contribution in [0.15, 0.2) is 29.3 Å². The summed E-state index contributed by atoms with van der Waals surface area (Å²) in [5.41, 5.74) is 2.79. The smallest absolute Gasteiger partial charge is 0.291 e. The van der Waals surface area contributed by atoms with E-state index in [1.165, 1.54) is 0 Å². The molecule has 2 fully saturated rings. The first-order valence-corrected chi connectivity index (χ1v) is 12.3. The summed E-state index contributed by atoms with van der Waals surface area (Å²) in [6, 6.07) is 5.71. The minimum absolute atomic E-state index is 0.0305. The maximum atomic E-state index is 13.6. The van der Waals surface area contributed by atoms with Crippen LogP contribution in [0.1, 0.15) is 38.1 Å². The monoisotopic (exact) mass is 482 g/mol. The Morgan fingerprint density at radius 1 is 1.34 bits per heavy atom. The molecule has 1 saturated carbocycles. The van der Waals surface area contributed by atoms with Crippen LogP contribution in [-0.2, 0) is 0 Å². The summed E-state index contributed by atoms with van der Waals surface area (Å²) in [6.07, 6.45) is 1.63. The Morgan fingerprint density at radius 2 is 2.16 bits per heavy atom. The van der Waals surface area contributed by atoms with Gasteiger partial charge in [-0.15, -0.1) is 10.2 Å². The number of alkyl halides is 3. The Balaban J connectivity index is 1.58. The van der Waals surface area contributed by atoms with E-state index in [-0.39, 0.29) is 22.6 Å². The zero-order chi connectivity index (χ0) is 22.5. The minimum atomic E-state index is -2.64. The average Bonchev–Trinajstić information content (AvgIpc) is 3.17. The lowest BCUT2D eigenvalue weighted by atomic mass is 10.1. The third-order valence-corrected chi connectivity index (χ3v) is 8.29. The van der Waals surface area contributed by atoms with Gasteiger partial charge < -0.3 is 14.6 Å². The van der Waals surface area contributed by atoms with Crippen molar-refractivity contribution in [1.82, 2.24) is 24.6 Å². The summed E-state index contributed by atoms with van der Waals surface area (Å²) in [4.78, 5) is 3.23. The van der Waals surface area contributed by atoms with Gasteiger partial charge in [0, 0.05) is 35.8 Å². The maximum absolute atomic E-state index is 13.6. The Kier molecular flexibility index (Phi) is 5.85. The number of fused-ring (bicyclic) bond motifs is 1. The van der Waals surface area contributed by atoms with Crippen LogP contribution in [0, 0.1) is 0 Å². The molecule has 1 aliphatic heterocycles. The van der Waals surface area contributed by atoms with Crippen LogP contribution in [-0.4, -0.2) is 52.0 Å². The van der Waals surface area contributed by atoms with Crippen LogP contribution < -0.4 is 14.9 Å². The summed E-state index contributed by atoms with van der Waals surface area (Å²) < 4.78 is 45.3. The molecule has 1 saturated heterocycles. The highest BCUT2D eigenvalue weighted by Crippen LogP contribution is 2.40. The molecule has 0 bridgehead atoms. The molecule has 3 aromatic rings. The molecule has 1 aliphatic carbocycles. The van der Waals surface area contributed by atoms with E-state index in [0.717, 1.165) is 52.5 Å². The number of anilines is 1. The van der Waals surface area contributed by atoms with Crippen LogP contribution in [0.25, 0.3) is 16.2 Å². The van der Waals surface area contributed by atoms with Crippen molar-refractivity contribution in [3.05, 3.63) is 29.4 Å². The number of pyridine rings is 1. The number of rotatable bonds is 7. The summed E-state index contributed by atoms with van der Waals surface area (Å²) >= 11 is 2.47. The molecule has 0 unspecified atom stereocenters. The van der Waals surface area contributed by atoms with E-state index in [0.29, 0.717) is 11.6 Å². The molecule has 4 heterocycles. The van der Waals surface area contributed by atoms with Gasteiger partial charge in [-0.25, -0.2) is 13.2 Å². The van der Waals surface area contributed by atoms with Gasteiger partial charge in [0.2, 0.25) is 0 Å². The van der Waals surface area contributed by atoms with Gasteiger partial charge in [0.15, 0.2) is 10.0 Å². The van der Waals surface area contributed by atoms with Gasteiger partial charge in [-0.1, -0.05) is 11.3 Å². The lowest BCUT2D eigenvalue weighted by Gasteiger charge is -2.41. The summed E-state index contributed by atoms with van der Waals surface area (Å²) in [5, 5.41) is 11.1. The summed E-state index contributed by atoms with van der Waals surface area (Å²) in [5.74, 6) is 0. The second-order valence-corrected chi connectivity index (χ2v) is 10.6. The molecule has 0 spiro atoms. The molecule has 32 heavy (non-hydrogen) atoms. The van der Waals surface area contributed by atoms with E-state index in [2.05, 4.69) is 38.1 Å². The highest BCUT2D eigenvalue weighted by Gasteiger charge is 2.37. The van der Waals surface area contributed by atoms with Gasteiger partial charge in [0.25, 0.3) is 6.43 Å². The maximum Gasteiger partial charge on any atom is 0.291 e. The third kappa shape index (κ3) is 4.11. The fourth-order valence-electron chi connectivity index (χ4n) is 4.01. The van der Waals surface area contributed by atoms with Crippen molar-refractivity contribution in [3.63, 3.8) is 0 Å². The standard InChI is InChI=1S/C21H25F3N6S2/c1-12-14(10-22)25-7-8-29(12)17-9-13(32-28-21(2)5-6-21)11-30-15(17)3-4-16(30)19-26-27-20(31-19)18(23)24/h3-4,9,11-12,14,18,25,28H,5-8,10H2,1-2H3/t12-,14-/m0/s1. The van der Waals surface area contributed by atoms with Gasteiger partial charge in [0.05, 0.1) is 22.9 Å². The number of hydrogen-bond acceptors (Lipinski definition) is 7. The second kappa shape index (κ2) is 8.51. The lowest BCUT2D eigenvalue weighted by Crippen LogP contribution is -2.57. The van der Waals surface area contributed by atoms with Crippen molar-refractivity contribution in [2.24, 2.45) is 0 Å². The molecule has 6 nitrogen and oxygen atoms in total. The first-order valence-electron chi connectivity index (χ1n) is 10.7. The predicted molar refractivity (Wildman–Crippen MR) is 122 cm³/mol. The normalized spacial score (nSPS) is 22.8. The number of aromatic nitrogens is 3. The predicted octanol–water partition coefficient (Wildman–Crippen LogP) is 4.68. The molecular formula is C21H25F3N6S2. The van der Waals surface area contributed by atoms with Crippen molar-refractivity contribution in [2.45, 2.75) is 55.6 Å². The van der Waals surface area contributed by atoms with E-state index >= 15 is 0 Å². The van der Waals surface area contributed by atoms with Gasteiger partial charge in [-0.05, 0) is 56.8 Å². The average molecular weight is 483 g/mol. The van der Waals surface area contributed by atoms with Crippen LogP contribution >= 0.6 is 23.3 Å². The molecular weight excluding hydrogens is 457 g/mol.